The normalized spacial score (nSPS) is 11.2. The van der Waals surface area contributed by atoms with E-state index in [1.54, 1.807) is 12.2 Å². The second kappa shape index (κ2) is 10.2. The van der Waals surface area contributed by atoms with E-state index in [1.165, 1.54) is 17.7 Å². The van der Waals surface area contributed by atoms with E-state index in [9.17, 15) is 9.59 Å². The summed E-state index contributed by atoms with van der Waals surface area (Å²) in [5.74, 6) is -0.405. The molecule has 1 N–H and O–H groups in total. The van der Waals surface area contributed by atoms with Gasteiger partial charge in [-0.3, -0.25) is 9.59 Å². The van der Waals surface area contributed by atoms with Crippen LogP contribution in [0.1, 0.15) is 23.1 Å². The van der Waals surface area contributed by atoms with Gasteiger partial charge in [-0.15, -0.1) is 0 Å². The zero-order valence-electron chi connectivity index (χ0n) is 16.1. The summed E-state index contributed by atoms with van der Waals surface area (Å²) in [6.45, 7) is 0.807. The summed E-state index contributed by atoms with van der Waals surface area (Å²) in [6.07, 6.45) is 6.27. The molecule has 0 spiro atoms. The molecule has 0 bridgehead atoms. The monoisotopic (exact) mass is 362 g/mol. The largest absolute Gasteiger partial charge is 0.378 e. The van der Waals surface area contributed by atoms with Crippen molar-refractivity contribution in [3.8, 4) is 0 Å². The number of carbonyl (C=O) groups is 2. The van der Waals surface area contributed by atoms with E-state index in [1.807, 2.05) is 74.6 Å². The van der Waals surface area contributed by atoms with Crippen molar-refractivity contribution in [2.75, 3.05) is 26.0 Å². The van der Waals surface area contributed by atoms with Crippen molar-refractivity contribution in [3.63, 3.8) is 0 Å². The first-order valence-electron chi connectivity index (χ1n) is 8.90. The highest BCUT2D eigenvalue weighted by Gasteiger charge is 2.03. The molecule has 0 saturated heterocycles. The zero-order valence-corrected chi connectivity index (χ0v) is 16.1. The fraction of sp³-hybridized carbons (Fsp3) is 0.217. The predicted molar refractivity (Wildman–Crippen MR) is 113 cm³/mol. The third kappa shape index (κ3) is 7.04. The molecule has 140 valence electrons. The third-order valence-corrected chi connectivity index (χ3v) is 4.04. The second-order valence-electron chi connectivity index (χ2n) is 6.53. The molecular formula is C23H26N2O2. The Morgan fingerprint density at radius 1 is 0.852 bits per heavy atom. The van der Waals surface area contributed by atoms with Crippen LogP contribution >= 0.6 is 0 Å². The summed E-state index contributed by atoms with van der Waals surface area (Å²) < 4.78 is 0. The van der Waals surface area contributed by atoms with E-state index in [2.05, 4.69) is 5.32 Å². The van der Waals surface area contributed by atoms with Gasteiger partial charge in [0.15, 0.2) is 11.6 Å². The van der Waals surface area contributed by atoms with Gasteiger partial charge in [-0.2, -0.15) is 0 Å². The van der Waals surface area contributed by atoms with Crippen LogP contribution in [0, 0.1) is 0 Å². The fourth-order valence-electron chi connectivity index (χ4n) is 2.50. The summed E-state index contributed by atoms with van der Waals surface area (Å²) in [5, 5.41) is 3.09. The van der Waals surface area contributed by atoms with Gasteiger partial charge in [0.05, 0.1) is 6.42 Å². The minimum absolute atomic E-state index is 0.124. The van der Waals surface area contributed by atoms with Gasteiger partial charge in [-0.05, 0) is 48.0 Å². The Kier molecular flexibility index (Phi) is 7.71. The van der Waals surface area contributed by atoms with Crippen molar-refractivity contribution >= 4 is 29.4 Å². The first-order chi connectivity index (χ1) is 13.0. The first kappa shape index (κ1) is 20.3. The molecule has 0 heterocycles. The molecule has 2 aromatic rings. The quantitative estimate of drug-likeness (QED) is 0.545. The maximum absolute atomic E-state index is 12.0. The van der Waals surface area contributed by atoms with Gasteiger partial charge >= 0.3 is 0 Å². The summed E-state index contributed by atoms with van der Waals surface area (Å²) in [7, 11) is 5.85. The lowest BCUT2D eigenvalue weighted by atomic mass is 10.1. The molecule has 0 aliphatic carbocycles. The summed E-state index contributed by atoms with van der Waals surface area (Å²) in [4.78, 5) is 26.0. The lowest BCUT2D eigenvalue weighted by Crippen LogP contribution is -2.07. The highest BCUT2D eigenvalue weighted by Crippen LogP contribution is 2.13. The molecular weight excluding hydrogens is 336 g/mol. The fourth-order valence-corrected chi connectivity index (χ4v) is 2.50. The number of ketones is 2. The van der Waals surface area contributed by atoms with Crippen molar-refractivity contribution < 1.29 is 9.59 Å². The minimum atomic E-state index is -0.203. The van der Waals surface area contributed by atoms with Crippen LogP contribution in [-0.4, -0.2) is 32.7 Å². The number of benzene rings is 2. The molecule has 4 nitrogen and oxygen atoms in total. The molecule has 0 unspecified atom stereocenters. The highest BCUT2D eigenvalue weighted by atomic mass is 16.1. The summed E-state index contributed by atoms with van der Waals surface area (Å²) >= 11 is 0. The molecule has 0 atom stereocenters. The van der Waals surface area contributed by atoms with Crippen molar-refractivity contribution in [1.82, 2.24) is 5.32 Å². The van der Waals surface area contributed by atoms with Crippen molar-refractivity contribution in [2.45, 2.75) is 13.0 Å². The summed E-state index contributed by atoms with van der Waals surface area (Å²) in [6, 6.07) is 15.8. The van der Waals surface area contributed by atoms with Crippen LogP contribution in [0.3, 0.4) is 0 Å². The number of allylic oxidation sites excluding steroid dienone is 2. The zero-order chi connectivity index (χ0) is 19.6. The van der Waals surface area contributed by atoms with Crippen LogP contribution in [0.25, 0.3) is 12.2 Å². The molecule has 2 aromatic carbocycles. The molecule has 27 heavy (non-hydrogen) atoms. The Balaban J connectivity index is 1.86. The van der Waals surface area contributed by atoms with E-state index in [0.29, 0.717) is 0 Å². The molecule has 0 aromatic heterocycles. The Morgan fingerprint density at radius 2 is 1.33 bits per heavy atom. The highest BCUT2D eigenvalue weighted by molar-refractivity contribution is 6.10. The number of nitrogens with one attached hydrogen (secondary N) is 1. The smallest absolute Gasteiger partial charge is 0.163 e. The van der Waals surface area contributed by atoms with Crippen LogP contribution in [-0.2, 0) is 16.1 Å². The SMILES string of the molecule is CNCc1ccc(C=CC(=O)CC(=O)C=Cc2ccc(N(C)C)cc2)cc1. The molecule has 0 radical (unpaired) electrons. The predicted octanol–water partition coefficient (Wildman–Crippen LogP) is 3.73. The molecule has 0 aliphatic heterocycles. The van der Waals surface area contributed by atoms with Crippen LogP contribution in [0.5, 0.6) is 0 Å². The second-order valence-corrected chi connectivity index (χ2v) is 6.53. The van der Waals surface area contributed by atoms with Crippen LogP contribution < -0.4 is 10.2 Å². The van der Waals surface area contributed by atoms with Gasteiger partial charge in [0.1, 0.15) is 0 Å². The van der Waals surface area contributed by atoms with E-state index in [-0.39, 0.29) is 18.0 Å². The number of hydrogen-bond acceptors (Lipinski definition) is 4. The van der Waals surface area contributed by atoms with Crippen LogP contribution in [0.4, 0.5) is 5.69 Å². The molecule has 2 rings (SSSR count). The standard InChI is InChI=1S/C23H26N2O2/c1-24-17-20-6-4-18(5-7-20)10-14-22(26)16-23(27)15-11-19-8-12-21(13-9-19)25(2)3/h4-15,24H,16-17H2,1-3H3. The van der Waals surface area contributed by atoms with Gasteiger partial charge in [0, 0.05) is 26.3 Å². The van der Waals surface area contributed by atoms with Crippen LogP contribution in [0.2, 0.25) is 0 Å². The first-order valence-corrected chi connectivity index (χ1v) is 8.90. The number of nitrogens with zero attached hydrogens (tertiary/aromatic N) is 1. The number of rotatable bonds is 9. The number of carbonyl (C=O) groups excluding carboxylic acids is 2. The summed E-state index contributed by atoms with van der Waals surface area (Å²) in [5.41, 5.74) is 4.14. The number of anilines is 1. The van der Waals surface area contributed by atoms with Gasteiger partial charge < -0.3 is 10.2 Å². The van der Waals surface area contributed by atoms with E-state index >= 15 is 0 Å². The average molecular weight is 362 g/mol. The lowest BCUT2D eigenvalue weighted by molar-refractivity contribution is -0.121. The topological polar surface area (TPSA) is 49.4 Å². The van der Waals surface area contributed by atoms with E-state index in [0.717, 1.165) is 23.4 Å². The van der Waals surface area contributed by atoms with Crippen molar-refractivity contribution in [1.29, 1.82) is 0 Å². The number of hydrogen-bond donors (Lipinski definition) is 1. The van der Waals surface area contributed by atoms with Crippen molar-refractivity contribution in [2.24, 2.45) is 0 Å². The van der Waals surface area contributed by atoms with Gasteiger partial charge in [0.2, 0.25) is 0 Å². The molecule has 4 heteroatoms. The Labute approximate surface area is 161 Å². The molecule has 0 amide bonds. The Bertz CT molecular complexity index is 816. The maximum Gasteiger partial charge on any atom is 0.163 e. The Hall–Kier alpha value is -2.98. The third-order valence-electron chi connectivity index (χ3n) is 4.04. The van der Waals surface area contributed by atoms with Gasteiger partial charge in [0.25, 0.3) is 0 Å². The van der Waals surface area contributed by atoms with E-state index in [4.69, 9.17) is 0 Å². The molecule has 0 fully saturated rings. The molecule has 0 saturated carbocycles. The van der Waals surface area contributed by atoms with E-state index < -0.39 is 0 Å². The molecule has 0 aliphatic rings. The van der Waals surface area contributed by atoms with Gasteiger partial charge in [-0.1, -0.05) is 48.6 Å². The van der Waals surface area contributed by atoms with Gasteiger partial charge in [-0.25, -0.2) is 0 Å². The van der Waals surface area contributed by atoms with Crippen molar-refractivity contribution in [3.05, 3.63) is 77.4 Å². The minimum Gasteiger partial charge on any atom is -0.378 e. The Morgan fingerprint density at radius 3 is 1.78 bits per heavy atom. The van der Waals surface area contributed by atoms with Crippen LogP contribution in [0.15, 0.2) is 60.7 Å². The average Bonchev–Trinajstić information content (AvgIpc) is 2.66. The lowest BCUT2D eigenvalue weighted by Gasteiger charge is -2.11. The maximum atomic E-state index is 12.0.